The van der Waals surface area contributed by atoms with Crippen molar-refractivity contribution in [3.8, 4) is 5.75 Å². The topological polar surface area (TPSA) is 53.1 Å². The second-order valence-electron chi connectivity index (χ2n) is 7.75. The van der Waals surface area contributed by atoms with Crippen molar-refractivity contribution in [3.05, 3.63) is 65.9 Å². The first-order valence-corrected chi connectivity index (χ1v) is 11.0. The molecule has 4 rings (SSSR count). The number of carbonyl (C=O) groups excluding carboxylic acids is 2. The number of benzene rings is 2. The molecule has 2 aromatic carbocycles. The molecule has 0 unspecified atom stereocenters. The van der Waals surface area contributed by atoms with Gasteiger partial charge in [0.1, 0.15) is 11.4 Å². The molecule has 2 aliphatic heterocycles. The van der Waals surface area contributed by atoms with Crippen molar-refractivity contribution >= 4 is 23.1 Å². The molecule has 2 amide bonds. The van der Waals surface area contributed by atoms with E-state index in [1.165, 1.54) is 10.6 Å². The van der Waals surface area contributed by atoms with Crippen LogP contribution in [0.2, 0.25) is 0 Å². The summed E-state index contributed by atoms with van der Waals surface area (Å²) in [5.74, 6) is 0.382. The first-order chi connectivity index (χ1) is 15.1. The maximum Gasteiger partial charge on any atom is 0.277 e. The first kappa shape index (κ1) is 21.0. The van der Waals surface area contributed by atoms with Crippen molar-refractivity contribution in [2.24, 2.45) is 0 Å². The molecule has 1 fully saturated rings. The van der Waals surface area contributed by atoms with Gasteiger partial charge in [0.05, 0.1) is 12.2 Å². The predicted molar refractivity (Wildman–Crippen MR) is 122 cm³/mol. The van der Waals surface area contributed by atoms with Gasteiger partial charge in [-0.1, -0.05) is 37.3 Å². The standard InChI is InChI=1S/C25H29N3O3/c1-3-14-28-24(29)22(19-10-12-21(13-11-19)31-4-2)23(25(28)30)27-17-15-26(16-18-27)20-8-6-5-7-9-20/h5-13H,3-4,14-18H2,1-2H3. The minimum absolute atomic E-state index is 0.177. The highest BCUT2D eigenvalue weighted by molar-refractivity contribution is 6.35. The molecule has 2 aliphatic rings. The Balaban J connectivity index is 1.62. The molecule has 0 atom stereocenters. The smallest absolute Gasteiger partial charge is 0.277 e. The van der Waals surface area contributed by atoms with E-state index in [1.807, 2.05) is 56.3 Å². The minimum Gasteiger partial charge on any atom is -0.494 e. The van der Waals surface area contributed by atoms with Crippen LogP contribution >= 0.6 is 0 Å². The fourth-order valence-electron chi connectivity index (χ4n) is 4.26. The van der Waals surface area contributed by atoms with Crippen molar-refractivity contribution < 1.29 is 14.3 Å². The summed E-state index contributed by atoms with van der Waals surface area (Å²) < 4.78 is 5.53. The van der Waals surface area contributed by atoms with E-state index in [4.69, 9.17) is 4.74 Å². The van der Waals surface area contributed by atoms with E-state index >= 15 is 0 Å². The van der Waals surface area contributed by atoms with Crippen LogP contribution in [0.25, 0.3) is 5.57 Å². The van der Waals surface area contributed by atoms with Crippen LogP contribution in [0, 0.1) is 0 Å². The highest BCUT2D eigenvalue weighted by Crippen LogP contribution is 2.33. The van der Waals surface area contributed by atoms with Crippen molar-refractivity contribution in [3.63, 3.8) is 0 Å². The number of nitrogens with zero attached hydrogens (tertiary/aromatic N) is 3. The fraction of sp³-hybridized carbons (Fsp3) is 0.360. The van der Waals surface area contributed by atoms with Crippen molar-refractivity contribution in [2.45, 2.75) is 20.3 Å². The van der Waals surface area contributed by atoms with Crippen LogP contribution in [-0.4, -0.2) is 60.9 Å². The zero-order valence-electron chi connectivity index (χ0n) is 18.2. The number of anilines is 1. The van der Waals surface area contributed by atoms with Gasteiger partial charge in [-0.25, -0.2) is 0 Å². The summed E-state index contributed by atoms with van der Waals surface area (Å²) in [6, 6.07) is 17.8. The van der Waals surface area contributed by atoms with Crippen molar-refractivity contribution in [2.75, 3.05) is 44.2 Å². The maximum atomic E-state index is 13.3. The van der Waals surface area contributed by atoms with E-state index in [0.29, 0.717) is 37.5 Å². The normalized spacial score (nSPS) is 17.0. The molecule has 31 heavy (non-hydrogen) atoms. The van der Waals surface area contributed by atoms with Gasteiger partial charge in [-0.15, -0.1) is 0 Å². The van der Waals surface area contributed by atoms with Crippen LogP contribution < -0.4 is 9.64 Å². The first-order valence-electron chi connectivity index (χ1n) is 11.0. The third-order valence-electron chi connectivity index (χ3n) is 5.76. The number of amides is 2. The van der Waals surface area contributed by atoms with Gasteiger partial charge < -0.3 is 14.5 Å². The molecule has 1 saturated heterocycles. The molecule has 0 radical (unpaired) electrons. The van der Waals surface area contributed by atoms with Crippen LogP contribution in [0.5, 0.6) is 5.75 Å². The van der Waals surface area contributed by atoms with Gasteiger partial charge in [0, 0.05) is 38.4 Å². The van der Waals surface area contributed by atoms with Crippen LogP contribution in [-0.2, 0) is 9.59 Å². The van der Waals surface area contributed by atoms with Crippen LogP contribution in [0.15, 0.2) is 60.3 Å². The van der Waals surface area contributed by atoms with Gasteiger partial charge in [-0.3, -0.25) is 14.5 Å². The number of rotatable bonds is 7. The largest absolute Gasteiger partial charge is 0.494 e. The lowest BCUT2D eigenvalue weighted by atomic mass is 10.0. The van der Waals surface area contributed by atoms with Gasteiger partial charge >= 0.3 is 0 Å². The predicted octanol–water partition coefficient (Wildman–Crippen LogP) is 3.40. The molecule has 0 bridgehead atoms. The lowest BCUT2D eigenvalue weighted by molar-refractivity contribution is -0.137. The van der Waals surface area contributed by atoms with E-state index in [0.717, 1.165) is 30.8 Å². The van der Waals surface area contributed by atoms with Crippen molar-refractivity contribution in [1.82, 2.24) is 9.80 Å². The molecule has 0 aromatic heterocycles. The summed E-state index contributed by atoms with van der Waals surface area (Å²) in [5, 5.41) is 0. The zero-order chi connectivity index (χ0) is 21.8. The second-order valence-corrected chi connectivity index (χ2v) is 7.75. The van der Waals surface area contributed by atoms with E-state index in [2.05, 4.69) is 21.9 Å². The molecule has 6 heteroatoms. The number of carbonyl (C=O) groups is 2. The summed E-state index contributed by atoms with van der Waals surface area (Å²) in [7, 11) is 0. The van der Waals surface area contributed by atoms with Crippen LogP contribution in [0.3, 0.4) is 0 Å². The van der Waals surface area contributed by atoms with Crippen LogP contribution in [0.4, 0.5) is 5.69 Å². The Kier molecular flexibility index (Phi) is 6.26. The number of hydrogen-bond acceptors (Lipinski definition) is 5. The molecule has 2 aromatic rings. The third-order valence-corrected chi connectivity index (χ3v) is 5.76. The third kappa shape index (κ3) is 4.15. The van der Waals surface area contributed by atoms with Crippen LogP contribution in [0.1, 0.15) is 25.8 Å². The summed E-state index contributed by atoms with van der Waals surface area (Å²) in [5.41, 5.74) is 3.00. The Morgan fingerprint density at radius 1 is 0.806 bits per heavy atom. The Morgan fingerprint density at radius 2 is 1.45 bits per heavy atom. The zero-order valence-corrected chi connectivity index (χ0v) is 18.2. The van der Waals surface area contributed by atoms with E-state index < -0.39 is 0 Å². The SMILES string of the molecule is CCCN1C(=O)C(c2ccc(OCC)cc2)=C(N2CCN(c3ccccc3)CC2)C1=O. The van der Waals surface area contributed by atoms with E-state index in [1.54, 1.807) is 0 Å². The van der Waals surface area contributed by atoms with Gasteiger partial charge in [0.25, 0.3) is 11.8 Å². The molecule has 0 N–H and O–H groups in total. The summed E-state index contributed by atoms with van der Waals surface area (Å²) >= 11 is 0. The lowest BCUT2D eigenvalue weighted by Gasteiger charge is -2.37. The fourth-order valence-corrected chi connectivity index (χ4v) is 4.26. The molecular formula is C25H29N3O3. The number of para-hydroxylation sites is 1. The van der Waals surface area contributed by atoms with Gasteiger partial charge in [-0.2, -0.15) is 0 Å². The average molecular weight is 420 g/mol. The van der Waals surface area contributed by atoms with E-state index in [9.17, 15) is 9.59 Å². The molecule has 162 valence electrons. The Morgan fingerprint density at radius 3 is 2.06 bits per heavy atom. The Bertz CT molecular complexity index is 961. The highest BCUT2D eigenvalue weighted by atomic mass is 16.5. The molecule has 6 nitrogen and oxygen atoms in total. The number of piperazine rings is 1. The quantitative estimate of drug-likeness (QED) is 0.644. The molecule has 0 aliphatic carbocycles. The average Bonchev–Trinajstić information content (AvgIpc) is 3.06. The van der Waals surface area contributed by atoms with E-state index in [-0.39, 0.29) is 11.8 Å². The monoisotopic (exact) mass is 419 g/mol. The minimum atomic E-state index is -0.198. The summed E-state index contributed by atoms with van der Waals surface area (Å²) in [6.07, 6.45) is 0.739. The Labute approximate surface area is 183 Å². The maximum absolute atomic E-state index is 13.3. The summed E-state index contributed by atoms with van der Waals surface area (Å²) in [6.45, 7) is 7.94. The Hall–Kier alpha value is -3.28. The number of hydrogen-bond donors (Lipinski definition) is 0. The van der Waals surface area contributed by atoms with Gasteiger partial charge in [0.15, 0.2) is 0 Å². The second kappa shape index (κ2) is 9.25. The van der Waals surface area contributed by atoms with Gasteiger partial charge in [0.2, 0.25) is 0 Å². The lowest BCUT2D eigenvalue weighted by Crippen LogP contribution is -2.47. The number of ether oxygens (including phenoxy) is 1. The number of imide groups is 1. The molecule has 0 saturated carbocycles. The summed E-state index contributed by atoms with van der Waals surface area (Å²) in [4.78, 5) is 32.3. The molecule has 0 spiro atoms. The molecular weight excluding hydrogens is 390 g/mol. The van der Waals surface area contributed by atoms with Gasteiger partial charge in [-0.05, 0) is 43.2 Å². The van der Waals surface area contributed by atoms with Crippen molar-refractivity contribution in [1.29, 1.82) is 0 Å². The highest BCUT2D eigenvalue weighted by Gasteiger charge is 2.41. The molecule has 2 heterocycles.